The van der Waals surface area contributed by atoms with E-state index in [2.05, 4.69) is 11.6 Å². The molecule has 98 valence electrons. The SMILES string of the molecule is CSC1(CNCCc2ccccc2[N+](=O)[O-])CC1. The molecule has 1 aromatic rings. The number of hydrogen-bond donors (Lipinski definition) is 1. The van der Waals surface area contributed by atoms with Crippen molar-refractivity contribution in [3.8, 4) is 0 Å². The van der Waals surface area contributed by atoms with E-state index in [0.29, 0.717) is 11.2 Å². The van der Waals surface area contributed by atoms with Crippen molar-refractivity contribution >= 4 is 17.4 Å². The summed E-state index contributed by atoms with van der Waals surface area (Å²) >= 11 is 1.92. The minimum absolute atomic E-state index is 0.227. The zero-order chi connectivity index (χ0) is 13.0. The second-order valence-corrected chi connectivity index (χ2v) is 5.97. The van der Waals surface area contributed by atoms with Gasteiger partial charge in [-0.15, -0.1) is 0 Å². The first-order chi connectivity index (χ1) is 8.67. The van der Waals surface area contributed by atoms with Gasteiger partial charge >= 0.3 is 0 Å². The van der Waals surface area contributed by atoms with Gasteiger partial charge in [0.1, 0.15) is 0 Å². The molecule has 0 amide bonds. The number of nitro benzene ring substituents is 1. The van der Waals surface area contributed by atoms with Crippen LogP contribution in [-0.4, -0.2) is 29.0 Å². The van der Waals surface area contributed by atoms with Gasteiger partial charge in [-0.25, -0.2) is 0 Å². The molecular weight excluding hydrogens is 248 g/mol. The molecule has 18 heavy (non-hydrogen) atoms. The van der Waals surface area contributed by atoms with Gasteiger partial charge in [-0.05, 0) is 32.1 Å². The Hall–Kier alpha value is -1.07. The second kappa shape index (κ2) is 5.71. The van der Waals surface area contributed by atoms with Crippen molar-refractivity contribution in [1.29, 1.82) is 0 Å². The van der Waals surface area contributed by atoms with Gasteiger partial charge in [0.25, 0.3) is 5.69 Å². The van der Waals surface area contributed by atoms with Crippen molar-refractivity contribution in [1.82, 2.24) is 5.32 Å². The number of nitrogens with one attached hydrogen (secondary N) is 1. The third-order valence-corrected chi connectivity index (χ3v) is 4.87. The molecule has 1 saturated carbocycles. The maximum absolute atomic E-state index is 10.9. The molecule has 0 atom stereocenters. The first-order valence-electron chi connectivity index (χ1n) is 6.15. The first-order valence-corrected chi connectivity index (χ1v) is 7.37. The molecule has 0 saturated heterocycles. The van der Waals surface area contributed by atoms with Crippen molar-refractivity contribution in [3.05, 3.63) is 39.9 Å². The quantitative estimate of drug-likeness (QED) is 0.468. The van der Waals surface area contributed by atoms with Gasteiger partial charge in [-0.3, -0.25) is 10.1 Å². The molecule has 5 heteroatoms. The molecule has 0 bridgehead atoms. The molecular formula is C13H18N2O2S. The fourth-order valence-corrected chi connectivity index (χ4v) is 2.79. The Morgan fingerprint density at radius 2 is 2.17 bits per heavy atom. The number of rotatable bonds is 7. The van der Waals surface area contributed by atoms with Crippen molar-refractivity contribution in [2.24, 2.45) is 0 Å². The van der Waals surface area contributed by atoms with Crippen LogP contribution in [0.2, 0.25) is 0 Å². The normalized spacial score (nSPS) is 16.5. The summed E-state index contributed by atoms with van der Waals surface area (Å²) in [4.78, 5) is 10.5. The summed E-state index contributed by atoms with van der Waals surface area (Å²) in [6, 6.07) is 6.97. The van der Waals surface area contributed by atoms with Gasteiger partial charge in [0, 0.05) is 22.9 Å². The van der Waals surface area contributed by atoms with E-state index < -0.39 is 0 Å². The zero-order valence-electron chi connectivity index (χ0n) is 10.5. The maximum Gasteiger partial charge on any atom is 0.272 e. The summed E-state index contributed by atoms with van der Waals surface area (Å²) in [6.07, 6.45) is 5.43. The van der Waals surface area contributed by atoms with Crippen LogP contribution in [0.15, 0.2) is 24.3 Å². The molecule has 1 aliphatic rings. The number of benzene rings is 1. The van der Waals surface area contributed by atoms with Crippen LogP contribution in [0.4, 0.5) is 5.69 Å². The highest BCUT2D eigenvalue weighted by atomic mass is 32.2. The van der Waals surface area contributed by atoms with E-state index in [1.807, 2.05) is 23.9 Å². The second-order valence-electron chi connectivity index (χ2n) is 4.70. The number of thioether (sulfide) groups is 1. The van der Waals surface area contributed by atoms with Gasteiger partial charge in [0.2, 0.25) is 0 Å². The lowest BCUT2D eigenvalue weighted by molar-refractivity contribution is -0.385. The van der Waals surface area contributed by atoms with E-state index in [9.17, 15) is 10.1 Å². The van der Waals surface area contributed by atoms with E-state index in [-0.39, 0.29) is 10.6 Å². The largest absolute Gasteiger partial charge is 0.315 e. The Morgan fingerprint density at radius 3 is 2.78 bits per heavy atom. The third kappa shape index (κ3) is 3.23. The molecule has 2 rings (SSSR count). The summed E-state index contributed by atoms with van der Waals surface area (Å²) in [5, 5.41) is 14.3. The Kier molecular flexibility index (Phi) is 4.24. The molecule has 0 spiro atoms. The van der Waals surface area contributed by atoms with Crippen LogP contribution in [-0.2, 0) is 6.42 Å². The molecule has 0 heterocycles. The molecule has 0 aromatic heterocycles. The van der Waals surface area contributed by atoms with Gasteiger partial charge in [0.05, 0.1) is 4.92 Å². The lowest BCUT2D eigenvalue weighted by Gasteiger charge is -2.12. The summed E-state index contributed by atoms with van der Waals surface area (Å²) < 4.78 is 0.447. The molecule has 0 radical (unpaired) electrons. The smallest absolute Gasteiger partial charge is 0.272 e. The van der Waals surface area contributed by atoms with Crippen LogP contribution >= 0.6 is 11.8 Å². The standard InChI is InChI=1S/C13H18N2O2S/c1-18-13(7-8-13)10-14-9-6-11-4-2-3-5-12(11)15(16)17/h2-5,14H,6-10H2,1H3. The number of nitro groups is 1. The van der Waals surface area contributed by atoms with E-state index >= 15 is 0 Å². The zero-order valence-corrected chi connectivity index (χ0v) is 11.3. The average molecular weight is 266 g/mol. The Bertz CT molecular complexity index is 433. The lowest BCUT2D eigenvalue weighted by Crippen LogP contribution is -2.27. The Labute approximate surface area is 111 Å². The predicted octanol–water partition coefficient (Wildman–Crippen LogP) is 2.62. The van der Waals surface area contributed by atoms with E-state index in [1.165, 1.54) is 12.8 Å². The molecule has 1 aliphatic carbocycles. The van der Waals surface area contributed by atoms with E-state index in [1.54, 1.807) is 12.1 Å². The van der Waals surface area contributed by atoms with Crippen LogP contribution in [0.5, 0.6) is 0 Å². The van der Waals surface area contributed by atoms with E-state index in [4.69, 9.17) is 0 Å². The van der Waals surface area contributed by atoms with Crippen molar-refractivity contribution < 1.29 is 4.92 Å². The highest BCUT2D eigenvalue weighted by Gasteiger charge is 2.41. The van der Waals surface area contributed by atoms with Gasteiger partial charge in [-0.2, -0.15) is 11.8 Å². The summed E-state index contributed by atoms with van der Waals surface area (Å²) in [5.41, 5.74) is 1.04. The minimum atomic E-state index is -0.306. The van der Waals surface area contributed by atoms with Gasteiger partial charge in [-0.1, -0.05) is 18.2 Å². The van der Waals surface area contributed by atoms with Crippen molar-refractivity contribution in [2.45, 2.75) is 24.0 Å². The number of para-hydroxylation sites is 1. The van der Waals surface area contributed by atoms with Crippen LogP contribution in [0.1, 0.15) is 18.4 Å². The molecule has 1 fully saturated rings. The third-order valence-electron chi connectivity index (χ3n) is 3.45. The number of hydrogen-bond acceptors (Lipinski definition) is 4. The Morgan fingerprint density at radius 1 is 1.44 bits per heavy atom. The highest BCUT2D eigenvalue weighted by molar-refractivity contribution is 8.00. The molecule has 0 unspecified atom stereocenters. The molecule has 1 N–H and O–H groups in total. The van der Waals surface area contributed by atoms with Crippen molar-refractivity contribution in [2.75, 3.05) is 19.3 Å². The predicted molar refractivity (Wildman–Crippen MR) is 75.2 cm³/mol. The fourth-order valence-electron chi connectivity index (χ4n) is 2.03. The minimum Gasteiger partial charge on any atom is -0.315 e. The van der Waals surface area contributed by atoms with Crippen LogP contribution in [0, 0.1) is 10.1 Å². The fraction of sp³-hybridized carbons (Fsp3) is 0.538. The van der Waals surface area contributed by atoms with E-state index in [0.717, 1.165) is 18.7 Å². The van der Waals surface area contributed by atoms with Crippen LogP contribution in [0.25, 0.3) is 0 Å². The summed E-state index contributed by atoms with van der Waals surface area (Å²) in [7, 11) is 0. The molecule has 0 aliphatic heterocycles. The van der Waals surface area contributed by atoms with Gasteiger partial charge in [0.15, 0.2) is 0 Å². The first kappa shape index (κ1) is 13.4. The highest BCUT2D eigenvalue weighted by Crippen LogP contribution is 2.46. The number of nitrogens with zero attached hydrogens (tertiary/aromatic N) is 1. The Balaban J connectivity index is 1.81. The topological polar surface area (TPSA) is 55.2 Å². The maximum atomic E-state index is 10.9. The van der Waals surface area contributed by atoms with Crippen LogP contribution in [0.3, 0.4) is 0 Å². The molecule has 1 aromatic carbocycles. The monoisotopic (exact) mass is 266 g/mol. The summed E-state index contributed by atoms with van der Waals surface area (Å²) in [5.74, 6) is 0. The lowest BCUT2D eigenvalue weighted by atomic mass is 10.1. The van der Waals surface area contributed by atoms with Crippen molar-refractivity contribution in [3.63, 3.8) is 0 Å². The van der Waals surface area contributed by atoms with Gasteiger partial charge < -0.3 is 5.32 Å². The summed E-state index contributed by atoms with van der Waals surface area (Å²) in [6.45, 7) is 1.81. The van der Waals surface area contributed by atoms with Crippen LogP contribution < -0.4 is 5.32 Å². The molecule has 4 nitrogen and oxygen atoms in total. The average Bonchev–Trinajstić information content (AvgIpc) is 3.16.